The number of halogens is 3. The average molecular weight is 503 g/mol. The molecule has 1 amide bonds. The van der Waals surface area contributed by atoms with E-state index in [1.54, 1.807) is 0 Å². The molecule has 19 heavy (non-hydrogen) atoms. The van der Waals surface area contributed by atoms with Gasteiger partial charge in [-0.3, -0.25) is 4.79 Å². The highest BCUT2D eigenvalue weighted by molar-refractivity contribution is 14.1. The third-order valence-corrected chi connectivity index (χ3v) is 5.18. The van der Waals surface area contributed by atoms with Gasteiger partial charge in [-0.25, -0.2) is 0 Å². The second-order valence-corrected chi connectivity index (χ2v) is 7.29. The molecule has 1 aromatic rings. The SMILES string of the molecule is CC1COC(CBr)CN1C(=O)c1cc(I)ccc1Br. The molecule has 1 saturated heterocycles. The molecule has 0 bridgehead atoms. The summed E-state index contributed by atoms with van der Waals surface area (Å²) in [5, 5.41) is 0.747. The molecule has 1 heterocycles. The van der Waals surface area contributed by atoms with Crippen LogP contribution in [0.4, 0.5) is 0 Å². The standard InChI is InChI=1S/C13H14Br2INO2/c1-8-7-19-10(5-14)6-17(8)13(18)11-4-9(16)2-3-12(11)15/h2-4,8,10H,5-7H2,1H3. The van der Waals surface area contributed by atoms with Crippen LogP contribution < -0.4 is 0 Å². The number of amides is 1. The lowest BCUT2D eigenvalue weighted by Gasteiger charge is -2.37. The maximum absolute atomic E-state index is 12.7. The van der Waals surface area contributed by atoms with Crippen LogP contribution in [0.15, 0.2) is 22.7 Å². The Labute approximate surface area is 143 Å². The third-order valence-electron chi connectivity index (χ3n) is 3.10. The van der Waals surface area contributed by atoms with Crippen molar-refractivity contribution in [3.63, 3.8) is 0 Å². The van der Waals surface area contributed by atoms with Crippen molar-refractivity contribution in [2.45, 2.75) is 19.1 Å². The molecule has 1 aliphatic rings. The monoisotopic (exact) mass is 501 g/mol. The second-order valence-electron chi connectivity index (χ2n) is 4.54. The van der Waals surface area contributed by atoms with Gasteiger partial charge in [-0.2, -0.15) is 0 Å². The Balaban J connectivity index is 2.24. The molecule has 0 aromatic heterocycles. The van der Waals surface area contributed by atoms with E-state index in [0.29, 0.717) is 18.7 Å². The van der Waals surface area contributed by atoms with Crippen LogP contribution in [0.5, 0.6) is 0 Å². The van der Waals surface area contributed by atoms with Gasteiger partial charge in [-0.15, -0.1) is 0 Å². The van der Waals surface area contributed by atoms with Gasteiger partial charge in [0.2, 0.25) is 0 Å². The van der Waals surface area contributed by atoms with Crippen molar-refractivity contribution in [3.05, 3.63) is 31.8 Å². The van der Waals surface area contributed by atoms with Crippen LogP contribution >= 0.6 is 54.5 Å². The van der Waals surface area contributed by atoms with E-state index in [-0.39, 0.29) is 18.1 Å². The van der Waals surface area contributed by atoms with Gasteiger partial charge in [0.1, 0.15) is 0 Å². The maximum atomic E-state index is 12.7. The predicted molar refractivity (Wildman–Crippen MR) is 90.9 cm³/mol. The number of morpholine rings is 1. The lowest BCUT2D eigenvalue weighted by molar-refractivity contribution is -0.0361. The molecular formula is C13H14Br2INO2. The first-order valence-electron chi connectivity index (χ1n) is 5.96. The average Bonchev–Trinajstić information content (AvgIpc) is 2.41. The Bertz CT molecular complexity index is 484. The van der Waals surface area contributed by atoms with Gasteiger partial charge in [-0.05, 0) is 63.6 Å². The number of carbonyl (C=O) groups excluding carboxylic acids is 1. The third kappa shape index (κ3) is 3.71. The van der Waals surface area contributed by atoms with Gasteiger partial charge in [0.25, 0.3) is 5.91 Å². The molecule has 0 saturated carbocycles. The van der Waals surface area contributed by atoms with Crippen molar-refractivity contribution in [2.24, 2.45) is 0 Å². The van der Waals surface area contributed by atoms with Gasteiger partial charge < -0.3 is 9.64 Å². The Morgan fingerprint density at radius 1 is 1.58 bits per heavy atom. The minimum atomic E-state index is 0.0622. The summed E-state index contributed by atoms with van der Waals surface area (Å²) in [6, 6.07) is 5.92. The molecule has 104 valence electrons. The number of alkyl halides is 1. The zero-order chi connectivity index (χ0) is 14.0. The number of ether oxygens (including phenoxy) is 1. The minimum absolute atomic E-state index is 0.0622. The van der Waals surface area contributed by atoms with E-state index < -0.39 is 0 Å². The van der Waals surface area contributed by atoms with E-state index in [0.717, 1.165) is 13.4 Å². The molecule has 1 aromatic carbocycles. The number of benzene rings is 1. The zero-order valence-corrected chi connectivity index (χ0v) is 15.7. The first kappa shape index (κ1) is 15.7. The number of hydrogen-bond acceptors (Lipinski definition) is 2. The molecule has 2 rings (SSSR count). The van der Waals surface area contributed by atoms with Crippen molar-refractivity contribution in [2.75, 3.05) is 18.5 Å². The van der Waals surface area contributed by atoms with E-state index in [9.17, 15) is 4.79 Å². The number of nitrogens with zero attached hydrogens (tertiary/aromatic N) is 1. The van der Waals surface area contributed by atoms with Gasteiger partial charge in [0.15, 0.2) is 0 Å². The molecule has 3 nitrogen and oxygen atoms in total. The molecular weight excluding hydrogens is 489 g/mol. The molecule has 1 fully saturated rings. The fraction of sp³-hybridized carbons (Fsp3) is 0.462. The largest absolute Gasteiger partial charge is 0.373 e. The van der Waals surface area contributed by atoms with E-state index in [1.807, 2.05) is 30.0 Å². The van der Waals surface area contributed by atoms with Crippen LogP contribution in [0.1, 0.15) is 17.3 Å². The summed E-state index contributed by atoms with van der Waals surface area (Å²) in [6.45, 7) is 3.23. The highest BCUT2D eigenvalue weighted by atomic mass is 127. The fourth-order valence-electron chi connectivity index (χ4n) is 2.01. The zero-order valence-electron chi connectivity index (χ0n) is 10.4. The number of rotatable bonds is 2. The highest BCUT2D eigenvalue weighted by Crippen LogP contribution is 2.24. The van der Waals surface area contributed by atoms with E-state index in [1.165, 1.54) is 0 Å². The molecule has 6 heteroatoms. The molecule has 1 aliphatic heterocycles. The lowest BCUT2D eigenvalue weighted by atomic mass is 10.1. The second kappa shape index (κ2) is 6.87. The Morgan fingerprint density at radius 2 is 2.32 bits per heavy atom. The molecule has 0 aliphatic carbocycles. The normalized spacial score (nSPS) is 23.5. The maximum Gasteiger partial charge on any atom is 0.255 e. The number of hydrogen-bond donors (Lipinski definition) is 0. The topological polar surface area (TPSA) is 29.5 Å². The summed E-state index contributed by atoms with van der Waals surface area (Å²) < 4.78 is 7.55. The summed E-state index contributed by atoms with van der Waals surface area (Å²) >= 11 is 9.09. The van der Waals surface area contributed by atoms with Crippen LogP contribution in [0.2, 0.25) is 0 Å². The van der Waals surface area contributed by atoms with E-state index >= 15 is 0 Å². The van der Waals surface area contributed by atoms with E-state index in [4.69, 9.17) is 4.74 Å². The van der Waals surface area contributed by atoms with Crippen LogP contribution in [0.3, 0.4) is 0 Å². The minimum Gasteiger partial charge on any atom is -0.373 e. The van der Waals surface area contributed by atoms with E-state index in [2.05, 4.69) is 54.5 Å². The van der Waals surface area contributed by atoms with Crippen LogP contribution in [-0.2, 0) is 4.74 Å². The molecule has 0 N–H and O–H groups in total. The lowest BCUT2D eigenvalue weighted by Crippen LogP contribution is -2.51. The summed E-state index contributed by atoms with van der Waals surface area (Å²) in [4.78, 5) is 14.6. The van der Waals surface area contributed by atoms with Crippen molar-refractivity contribution < 1.29 is 9.53 Å². The van der Waals surface area contributed by atoms with Crippen molar-refractivity contribution in [1.29, 1.82) is 0 Å². The molecule has 0 radical (unpaired) electrons. The van der Waals surface area contributed by atoms with Crippen molar-refractivity contribution >= 4 is 60.4 Å². The highest BCUT2D eigenvalue weighted by Gasteiger charge is 2.30. The fourth-order valence-corrected chi connectivity index (χ4v) is 3.31. The van der Waals surface area contributed by atoms with Gasteiger partial charge in [0.05, 0.1) is 24.3 Å². The van der Waals surface area contributed by atoms with Gasteiger partial charge in [0, 0.05) is 19.9 Å². The van der Waals surface area contributed by atoms with Crippen molar-refractivity contribution in [1.82, 2.24) is 4.90 Å². The van der Waals surface area contributed by atoms with Crippen molar-refractivity contribution in [3.8, 4) is 0 Å². The first-order valence-corrected chi connectivity index (χ1v) is 8.96. The summed E-state index contributed by atoms with van der Waals surface area (Å²) in [5.74, 6) is 0.0622. The van der Waals surface area contributed by atoms with Crippen LogP contribution in [0.25, 0.3) is 0 Å². The Hall–Kier alpha value is 0.340. The molecule has 0 spiro atoms. The summed E-state index contributed by atoms with van der Waals surface area (Å²) in [5.41, 5.74) is 0.717. The van der Waals surface area contributed by atoms with Crippen LogP contribution in [-0.4, -0.2) is 41.4 Å². The summed E-state index contributed by atoms with van der Waals surface area (Å²) in [7, 11) is 0. The predicted octanol–water partition coefficient (Wildman–Crippen LogP) is 3.68. The molecule has 2 unspecified atom stereocenters. The smallest absolute Gasteiger partial charge is 0.255 e. The summed E-state index contributed by atoms with van der Waals surface area (Å²) in [6.07, 6.45) is 0.0710. The Morgan fingerprint density at radius 3 is 3.00 bits per heavy atom. The quantitative estimate of drug-likeness (QED) is 0.456. The van der Waals surface area contributed by atoms with Crippen LogP contribution in [0, 0.1) is 3.57 Å². The van der Waals surface area contributed by atoms with Gasteiger partial charge in [-0.1, -0.05) is 15.9 Å². The molecule has 2 atom stereocenters. The van der Waals surface area contributed by atoms with Gasteiger partial charge >= 0.3 is 0 Å². The Kier molecular flexibility index (Phi) is 5.68. The number of carbonyl (C=O) groups is 1. The first-order chi connectivity index (χ1) is 9.02.